The molecule has 2 amide bonds. The molecule has 0 bridgehead atoms. The van der Waals surface area contributed by atoms with Crippen molar-refractivity contribution >= 4 is 28.4 Å². The van der Waals surface area contributed by atoms with E-state index >= 15 is 0 Å². The smallest absolute Gasteiger partial charge is 0.322 e. The first-order chi connectivity index (χ1) is 14.8. The van der Waals surface area contributed by atoms with Crippen LogP contribution in [0, 0.1) is 0 Å². The van der Waals surface area contributed by atoms with E-state index in [-0.39, 0.29) is 18.1 Å². The number of hydrogen-bond acceptors (Lipinski definition) is 5. The van der Waals surface area contributed by atoms with E-state index < -0.39 is 0 Å². The van der Waals surface area contributed by atoms with Crippen LogP contribution in [0.3, 0.4) is 0 Å². The number of carbonyl (C=O) groups is 1. The summed E-state index contributed by atoms with van der Waals surface area (Å²) < 4.78 is 0. The van der Waals surface area contributed by atoms with Crippen molar-refractivity contribution in [1.29, 1.82) is 0 Å². The van der Waals surface area contributed by atoms with Crippen LogP contribution in [0.1, 0.15) is 27.7 Å². The van der Waals surface area contributed by atoms with Gasteiger partial charge in [0, 0.05) is 44.0 Å². The summed E-state index contributed by atoms with van der Waals surface area (Å²) in [4.78, 5) is 27.5. The second-order valence-electron chi connectivity index (χ2n) is 8.76. The molecule has 9 heteroatoms. The predicted molar refractivity (Wildman–Crippen MR) is 125 cm³/mol. The molecule has 2 aromatic heterocycles. The fourth-order valence-corrected chi connectivity index (χ4v) is 4.18. The number of imidazole rings is 1. The van der Waals surface area contributed by atoms with E-state index in [0.29, 0.717) is 17.2 Å². The SMILES string of the molecule is CC(C)N(C(=O)Nc1cn[nH]c1-c1nc2ccc(N3CCN(C)CC3)cc2[nH]1)C(C)C. The van der Waals surface area contributed by atoms with Crippen molar-refractivity contribution in [2.45, 2.75) is 39.8 Å². The van der Waals surface area contributed by atoms with E-state index in [1.807, 2.05) is 33.8 Å². The van der Waals surface area contributed by atoms with Crippen molar-refractivity contribution in [3.8, 4) is 11.5 Å². The lowest BCUT2D eigenvalue weighted by atomic mass is 10.2. The zero-order chi connectivity index (χ0) is 22.1. The van der Waals surface area contributed by atoms with Crippen molar-refractivity contribution in [3.63, 3.8) is 0 Å². The molecule has 166 valence electrons. The molecular weight excluding hydrogens is 392 g/mol. The maximum Gasteiger partial charge on any atom is 0.322 e. The zero-order valence-electron chi connectivity index (χ0n) is 18.9. The molecule has 1 aliphatic rings. The Labute approximate surface area is 182 Å². The molecule has 9 nitrogen and oxygen atoms in total. The predicted octanol–water partition coefficient (Wildman–Crippen LogP) is 3.36. The topological polar surface area (TPSA) is 96.2 Å². The largest absolute Gasteiger partial charge is 0.369 e. The Hall–Kier alpha value is -3.07. The lowest BCUT2D eigenvalue weighted by Crippen LogP contribution is -2.44. The number of benzene rings is 1. The summed E-state index contributed by atoms with van der Waals surface area (Å²) in [6.07, 6.45) is 1.62. The molecule has 3 N–H and O–H groups in total. The Morgan fingerprint density at radius 3 is 2.52 bits per heavy atom. The van der Waals surface area contributed by atoms with Crippen molar-refractivity contribution in [2.75, 3.05) is 43.4 Å². The Morgan fingerprint density at radius 1 is 1.13 bits per heavy atom. The number of likely N-dealkylation sites (N-methyl/N-ethyl adjacent to an activating group) is 1. The third kappa shape index (κ3) is 4.36. The van der Waals surface area contributed by atoms with Gasteiger partial charge in [-0.25, -0.2) is 9.78 Å². The fraction of sp³-hybridized carbons (Fsp3) is 0.500. The van der Waals surface area contributed by atoms with Crippen LogP contribution in [-0.2, 0) is 0 Å². The molecule has 1 aliphatic heterocycles. The minimum absolute atomic E-state index is 0.0922. The number of anilines is 2. The minimum Gasteiger partial charge on any atom is -0.369 e. The summed E-state index contributed by atoms with van der Waals surface area (Å²) in [6, 6.07) is 6.34. The minimum atomic E-state index is -0.152. The second-order valence-corrected chi connectivity index (χ2v) is 8.76. The highest BCUT2D eigenvalue weighted by Crippen LogP contribution is 2.28. The number of carbonyl (C=O) groups excluding carboxylic acids is 1. The number of H-pyrrole nitrogens is 2. The lowest BCUT2D eigenvalue weighted by Gasteiger charge is -2.34. The molecule has 0 radical (unpaired) electrons. The summed E-state index contributed by atoms with van der Waals surface area (Å²) in [7, 11) is 2.16. The monoisotopic (exact) mass is 424 g/mol. The number of fused-ring (bicyclic) bond motifs is 1. The lowest BCUT2D eigenvalue weighted by molar-refractivity contribution is 0.178. The van der Waals surface area contributed by atoms with Gasteiger partial charge in [0.15, 0.2) is 5.82 Å². The van der Waals surface area contributed by atoms with E-state index in [4.69, 9.17) is 4.98 Å². The van der Waals surface area contributed by atoms with Gasteiger partial charge in [-0.3, -0.25) is 5.10 Å². The van der Waals surface area contributed by atoms with Crippen molar-refractivity contribution in [3.05, 3.63) is 24.4 Å². The number of amides is 2. The highest BCUT2D eigenvalue weighted by molar-refractivity contribution is 5.94. The Balaban J connectivity index is 1.57. The average Bonchev–Trinajstić information content (AvgIpc) is 3.33. The maximum atomic E-state index is 12.8. The molecule has 0 spiro atoms. The third-order valence-electron chi connectivity index (χ3n) is 5.80. The number of urea groups is 1. The summed E-state index contributed by atoms with van der Waals surface area (Å²) in [6.45, 7) is 12.2. The number of rotatable bonds is 5. The normalized spacial score (nSPS) is 15.3. The van der Waals surface area contributed by atoms with Crippen LogP contribution in [0.15, 0.2) is 24.4 Å². The van der Waals surface area contributed by atoms with Crippen molar-refractivity contribution < 1.29 is 4.79 Å². The first-order valence-electron chi connectivity index (χ1n) is 10.9. The Morgan fingerprint density at radius 2 is 1.84 bits per heavy atom. The molecule has 31 heavy (non-hydrogen) atoms. The number of aromatic amines is 2. The molecule has 1 aromatic carbocycles. The quantitative estimate of drug-likeness (QED) is 0.584. The molecule has 0 atom stereocenters. The molecule has 0 aliphatic carbocycles. The number of hydrogen-bond donors (Lipinski definition) is 3. The van der Waals surface area contributed by atoms with Crippen LogP contribution < -0.4 is 10.2 Å². The highest BCUT2D eigenvalue weighted by Gasteiger charge is 2.23. The van der Waals surface area contributed by atoms with Gasteiger partial charge in [-0.15, -0.1) is 0 Å². The third-order valence-corrected chi connectivity index (χ3v) is 5.80. The summed E-state index contributed by atoms with van der Waals surface area (Å²) in [5, 5.41) is 10.1. The second kappa shape index (κ2) is 8.58. The van der Waals surface area contributed by atoms with Gasteiger partial charge in [0.2, 0.25) is 0 Å². The molecule has 1 saturated heterocycles. The van der Waals surface area contributed by atoms with E-state index in [0.717, 1.165) is 37.2 Å². The molecule has 0 unspecified atom stereocenters. The van der Waals surface area contributed by atoms with E-state index in [1.165, 1.54) is 5.69 Å². The number of nitrogens with zero attached hydrogens (tertiary/aromatic N) is 5. The van der Waals surface area contributed by atoms with E-state index in [1.54, 1.807) is 11.1 Å². The Bertz CT molecular complexity index is 1040. The van der Waals surface area contributed by atoms with Crippen LogP contribution in [0.25, 0.3) is 22.6 Å². The van der Waals surface area contributed by atoms with Gasteiger partial charge < -0.3 is 25.0 Å². The van der Waals surface area contributed by atoms with Crippen LogP contribution in [0.2, 0.25) is 0 Å². The summed E-state index contributed by atoms with van der Waals surface area (Å²) in [5.41, 5.74) is 4.31. The van der Waals surface area contributed by atoms with Crippen LogP contribution in [-0.4, -0.2) is 81.3 Å². The number of aromatic nitrogens is 4. The zero-order valence-corrected chi connectivity index (χ0v) is 18.9. The van der Waals surface area contributed by atoms with Gasteiger partial charge >= 0.3 is 6.03 Å². The van der Waals surface area contributed by atoms with E-state index in [9.17, 15) is 4.79 Å². The molecule has 3 aromatic rings. The average molecular weight is 425 g/mol. The van der Waals surface area contributed by atoms with Gasteiger partial charge in [0.05, 0.1) is 22.9 Å². The number of nitrogens with one attached hydrogen (secondary N) is 3. The molecule has 4 rings (SSSR count). The summed E-state index contributed by atoms with van der Waals surface area (Å²) in [5.74, 6) is 0.652. The van der Waals surface area contributed by atoms with Gasteiger partial charge in [0.25, 0.3) is 0 Å². The van der Waals surface area contributed by atoms with Crippen molar-refractivity contribution in [2.24, 2.45) is 0 Å². The van der Waals surface area contributed by atoms with Gasteiger partial charge in [-0.1, -0.05) is 0 Å². The van der Waals surface area contributed by atoms with E-state index in [2.05, 4.69) is 49.5 Å². The molecule has 1 fully saturated rings. The first-order valence-corrected chi connectivity index (χ1v) is 10.9. The Kier molecular flexibility index (Phi) is 5.86. The molecule has 3 heterocycles. The number of piperazine rings is 1. The molecular formula is C22H32N8O. The maximum absolute atomic E-state index is 12.8. The van der Waals surface area contributed by atoms with Crippen LogP contribution in [0.4, 0.5) is 16.2 Å². The molecule has 0 saturated carbocycles. The van der Waals surface area contributed by atoms with Gasteiger partial charge in [-0.2, -0.15) is 5.10 Å². The van der Waals surface area contributed by atoms with Crippen molar-refractivity contribution in [1.82, 2.24) is 30.0 Å². The van der Waals surface area contributed by atoms with Crippen LogP contribution in [0.5, 0.6) is 0 Å². The van der Waals surface area contributed by atoms with Crippen LogP contribution >= 0.6 is 0 Å². The standard InChI is InChI=1S/C22H32N8O/c1-14(2)30(15(3)4)22(31)26-19-13-23-27-20(19)21-24-17-7-6-16(12-18(17)25-21)29-10-8-28(5)9-11-29/h6-7,12-15H,8-11H2,1-5H3,(H,23,27)(H,24,25)(H,26,31). The first kappa shape index (κ1) is 21.2. The van der Waals surface area contributed by atoms with Gasteiger partial charge in [0.1, 0.15) is 5.69 Å². The highest BCUT2D eigenvalue weighted by atomic mass is 16.2. The van der Waals surface area contributed by atoms with Gasteiger partial charge in [-0.05, 0) is 52.9 Å². The fourth-order valence-electron chi connectivity index (χ4n) is 4.18. The summed E-state index contributed by atoms with van der Waals surface area (Å²) >= 11 is 0.